The minimum absolute atomic E-state index is 0. The number of hydrazine groups is 2. The second kappa shape index (κ2) is 17.0. The van der Waals surface area contributed by atoms with E-state index in [4.69, 9.17) is 4.74 Å². The van der Waals surface area contributed by atoms with E-state index in [0.29, 0.717) is 0 Å². The molecule has 5 rings (SSSR count). The zero-order chi connectivity index (χ0) is 31.7. The third-order valence-electron chi connectivity index (χ3n) is 8.22. The number of aliphatic carboxylic acids is 1. The number of aromatic nitrogens is 1. The number of carboxylic acids is 1. The van der Waals surface area contributed by atoms with E-state index < -0.39 is 11.9 Å². The molecule has 2 aliphatic heterocycles. The van der Waals surface area contributed by atoms with Crippen molar-refractivity contribution in [3.63, 3.8) is 0 Å². The number of ether oxygens (including phenoxy) is 1. The average molecular weight is 607 g/mol. The van der Waals surface area contributed by atoms with Crippen molar-refractivity contribution in [3.8, 4) is 5.75 Å². The Morgan fingerprint density at radius 2 is 1.84 bits per heavy atom. The molecule has 44 heavy (non-hydrogen) atoms. The van der Waals surface area contributed by atoms with Crippen molar-refractivity contribution < 1.29 is 14.6 Å². The average Bonchev–Trinajstić information content (AvgIpc) is 3.37. The van der Waals surface area contributed by atoms with Crippen LogP contribution in [0.1, 0.15) is 94.2 Å². The van der Waals surface area contributed by atoms with Crippen LogP contribution in [0.15, 0.2) is 48.8 Å². The number of anilines is 2. The number of carbonyl (C=O) groups is 1. The molecule has 9 nitrogen and oxygen atoms in total. The molecule has 0 spiro atoms. The van der Waals surface area contributed by atoms with Gasteiger partial charge >= 0.3 is 5.97 Å². The van der Waals surface area contributed by atoms with Gasteiger partial charge in [0.25, 0.3) is 0 Å². The van der Waals surface area contributed by atoms with Crippen molar-refractivity contribution in [2.45, 2.75) is 93.8 Å². The lowest BCUT2D eigenvalue weighted by atomic mass is 9.78. The van der Waals surface area contributed by atoms with E-state index in [1.165, 1.54) is 11.1 Å². The van der Waals surface area contributed by atoms with Gasteiger partial charge in [0.05, 0.1) is 17.3 Å². The summed E-state index contributed by atoms with van der Waals surface area (Å²) in [5, 5.41) is 12.2. The molecule has 0 saturated heterocycles. The van der Waals surface area contributed by atoms with Gasteiger partial charge in [0, 0.05) is 50.1 Å². The van der Waals surface area contributed by atoms with Crippen LogP contribution >= 0.6 is 0 Å². The number of benzene rings is 2. The topological polar surface area (TPSA) is 125 Å². The van der Waals surface area contributed by atoms with Gasteiger partial charge in [0.2, 0.25) is 0 Å². The number of hydrogen-bond donors (Lipinski definition) is 4. The molecule has 0 radical (unpaired) electrons. The molecular weight excluding hydrogens is 552 g/mol. The molecule has 0 bridgehead atoms. The first-order valence-corrected chi connectivity index (χ1v) is 15.9. The van der Waals surface area contributed by atoms with Crippen molar-refractivity contribution in [2.24, 2.45) is 5.92 Å². The summed E-state index contributed by atoms with van der Waals surface area (Å²) in [6.07, 6.45) is 4.71. The molecule has 1 aromatic heterocycles. The van der Waals surface area contributed by atoms with Gasteiger partial charge in [-0.25, -0.2) is 0 Å². The van der Waals surface area contributed by atoms with Crippen LogP contribution in [0, 0.1) is 19.8 Å². The lowest BCUT2D eigenvalue weighted by Gasteiger charge is -2.27. The highest BCUT2D eigenvalue weighted by molar-refractivity contribution is 5.79. The lowest BCUT2D eigenvalue weighted by Crippen LogP contribution is -2.35. The monoisotopic (exact) mass is 606 g/mol. The predicted octanol–water partition coefficient (Wildman–Crippen LogP) is 7.61. The van der Waals surface area contributed by atoms with Gasteiger partial charge in [0.1, 0.15) is 11.9 Å². The van der Waals surface area contributed by atoms with Crippen LogP contribution in [0.3, 0.4) is 0 Å². The van der Waals surface area contributed by atoms with E-state index in [-0.39, 0.29) is 18.2 Å². The van der Waals surface area contributed by atoms with Crippen molar-refractivity contribution in [1.29, 1.82) is 0 Å². The maximum Gasteiger partial charge on any atom is 0.307 e. The zero-order valence-corrected chi connectivity index (χ0v) is 28.2. The van der Waals surface area contributed by atoms with Crippen LogP contribution in [-0.4, -0.2) is 40.2 Å². The number of carboxylic acid groups (broad SMARTS) is 1. The molecular formula is C35H54N6O3. The van der Waals surface area contributed by atoms with Gasteiger partial charge in [0.15, 0.2) is 0 Å². The highest BCUT2D eigenvalue weighted by Gasteiger charge is 2.31. The first kappa shape index (κ1) is 36.5. The van der Waals surface area contributed by atoms with Crippen molar-refractivity contribution in [3.05, 3.63) is 82.2 Å². The molecule has 0 aliphatic carbocycles. The molecule has 9 heteroatoms. The predicted molar refractivity (Wildman–Crippen MR) is 182 cm³/mol. The second-order valence-corrected chi connectivity index (χ2v) is 10.7. The third-order valence-corrected chi connectivity index (χ3v) is 8.22. The number of aryl methyl sites for hydroxylation is 1. The van der Waals surface area contributed by atoms with Crippen LogP contribution < -0.4 is 26.9 Å². The summed E-state index contributed by atoms with van der Waals surface area (Å²) in [5.74, 6) is -0.770. The minimum atomic E-state index is -0.803. The fourth-order valence-electron chi connectivity index (χ4n) is 5.83. The number of fused-ring (bicyclic) bond motifs is 2. The summed E-state index contributed by atoms with van der Waals surface area (Å²) in [5.41, 5.74) is 15.2. The Labute approximate surface area is 264 Å². The van der Waals surface area contributed by atoms with E-state index in [9.17, 15) is 9.90 Å². The summed E-state index contributed by atoms with van der Waals surface area (Å²) in [6, 6.07) is 12.6. The van der Waals surface area contributed by atoms with E-state index in [1.807, 2.05) is 51.9 Å². The molecule has 0 amide bonds. The molecule has 3 atom stereocenters. The highest BCUT2D eigenvalue weighted by atomic mass is 16.5. The zero-order valence-electron chi connectivity index (χ0n) is 28.2. The summed E-state index contributed by atoms with van der Waals surface area (Å²) in [6.45, 7) is 21.4. The van der Waals surface area contributed by atoms with Crippen LogP contribution in [0.25, 0.3) is 0 Å². The molecule has 3 aromatic rings. The molecule has 3 heterocycles. The van der Waals surface area contributed by atoms with Gasteiger partial charge in [-0.15, -0.1) is 5.53 Å². The maximum absolute atomic E-state index is 12.4. The Bertz CT molecular complexity index is 1360. The van der Waals surface area contributed by atoms with Gasteiger partial charge in [-0.05, 0) is 67.1 Å². The summed E-state index contributed by atoms with van der Waals surface area (Å²) >= 11 is 0. The smallest absolute Gasteiger partial charge is 0.307 e. The first-order chi connectivity index (χ1) is 20.8. The first-order valence-electron chi connectivity index (χ1n) is 15.9. The minimum Gasteiger partial charge on any atom is -0.489 e. The number of nitrogens with zero attached hydrogens (tertiary/aromatic N) is 3. The molecule has 0 saturated carbocycles. The van der Waals surface area contributed by atoms with Crippen LogP contribution in [-0.2, 0) is 17.9 Å². The van der Waals surface area contributed by atoms with E-state index in [2.05, 4.69) is 78.9 Å². The summed E-state index contributed by atoms with van der Waals surface area (Å²) in [4.78, 5) is 19.1. The Hall–Kier alpha value is -3.66. The van der Waals surface area contributed by atoms with E-state index in [1.54, 1.807) is 6.20 Å². The maximum atomic E-state index is 12.4. The van der Waals surface area contributed by atoms with Gasteiger partial charge in [-0.3, -0.25) is 19.7 Å². The van der Waals surface area contributed by atoms with E-state index >= 15 is 0 Å². The molecule has 2 aliphatic rings. The fourth-order valence-corrected chi connectivity index (χ4v) is 5.83. The number of rotatable bonds is 8. The van der Waals surface area contributed by atoms with Crippen LogP contribution in [0.4, 0.5) is 11.4 Å². The largest absolute Gasteiger partial charge is 0.489 e. The molecule has 6 N–H and O–H groups in total. The molecule has 2 aromatic carbocycles. The van der Waals surface area contributed by atoms with Crippen molar-refractivity contribution >= 4 is 17.3 Å². The quantitative estimate of drug-likeness (QED) is 0.205. The molecule has 0 fully saturated rings. The van der Waals surface area contributed by atoms with Gasteiger partial charge in [-0.2, -0.15) is 0 Å². The molecule has 242 valence electrons. The Morgan fingerprint density at radius 1 is 1.11 bits per heavy atom. The summed E-state index contributed by atoms with van der Waals surface area (Å²) in [7, 11) is 0. The standard InChI is InChI=1S/C31H39N5O3.2C2H6.H3N/c1-6-25-18-35(17-24-15-32-13-12-28(24)39-25)16-23-14-22(9-8-19(23)3)29(21(5)31(37)38)26-10-11-27-30(20(26)4)33-34-36(27)7-2;2*1-2;/h8-15,21,25,29,33-34H,6-7,16-18H2,1-5H3,(H,37,38);2*1-2H3;1H3/t21-,25+,29+;;;/m0.../s1. The Morgan fingerprint density at radius 3 is 2.50 bits per heavy atom. The highest BCUT2D eigenvalue weighted by Crippen LogP contribution is 2.42. The lowest BCUT2D eigenvalue weighted by molar-refractivity contribution is -0.141. The Balaban J connectivity index is 0.00000130. The second-order valence-electron chi connectivity index (χ2n) is 10.7. The number of pyridine rings is 1. The number of hydrogen-bond acceptors (Lipinski definition) is 8. The van der Waals surface area contributed by atoms with E-state index in [0.717, 1.165) is 72.0 Å². The van der Waals surface area contributed by atoms with Gasteiger partial charge < -0.3 is 21.4 Å². The fraction of sp³-hybridized carbons (Fsp3) is 0.486. The van der Waals surface area contributed by atoms with Gasteiger partial charge in [-0.1, -0.05) is 65.8 Å². The normalized spacial score (nSPS) is 16.6. The number of nitrogens with one attached hydrogen (secondary N) is 2. The van der Waals surface area contributed by atoms with Crippen LogP contribution in [0.5, 0.6) is 5.75 Å². The summed E-state index contributed by atoms with van der Waals surface area (Å²) < 4.78 is 6.29. The molecule has 0 unspecified atom stereocenters. The van der Waals surface area contributed by atoms with Crippen molar-refractivity contribution in [1.82, 2.24) is 21.6 Å². The third kappa shape index (κ3) is 7.88. The Kier molecular flexibility index (Phi) is 14.1. The SMILES string of the molecule is CC.CC.CC[C@@H]1CN(Cc2cc([C@H](c3ccc4c(c3C)NNN4CC)[C@H](C)C(=O)O)ccc2C)Cc2cnccc2O1.N. The van der Waals surface area contributed by atoms with Crippen LogP contribution in [0.2, 0.25) is 0 Å². The van der Waals surface area contributed by atoms with Crippen molar-refractivity contribution in [2.75, 3.05) is 23.5 Å².